The third kappa shape index (κ3) is 6.05. The topological polar surface area (TPSA) is 21.3 Å². The fourth-order valence-electron chi connectivity index (χ4n) is 10.2. The summed E-state index contributed by atoms with van der Waals surface area (Å²) in [4.78, 5) is 2.41. The van der Waals surface area contributed by atoms with Crippen molar-refractivity contribution in [3.05, 3.63) is 243 Å². The van der Waals surface area contributed by atoms with Crippen LogP contribution in [0.2, 0.25) is 0 Å². The van der Waals surface area contributed by atoms with E-state index in [1.807, 2.05) is 6.07 Å². The standard InChI is InChI=1S/C62H40N2O/c1-3-14-42(15-4-1)51-39-38-50(61-56-21-10-12-25-60(56)65-62(51)61)44-28-34-48(35-29-44)63(57-24-13-22-52-49-19-8-7-16-43(49)30-36-54(52)57)47-32-26-41(27-33-47)45-31-37-55-53-20-9-11-23-58(53)64(59(55)40-45)46-17-5-2-6-18-46/h1-40H. The Morgan fingerprint density at radius 3 is 1.72 bits per heavy atom. The molecule has 0 N–H and O–H groups in total. The third-order valence-electron chi connectivity index (χ3n) is 13.2. The first kappa shape index (κ1) is 36.9. The van der Waals surface area contributed by atoms with E-state index in [9.17, 15) is 0 Å². The summed E-state index contributed by atoms with van der Waals surface area (Å²) in [6.07, 6.45) is 0. The zero-order chi connectivity index (χ0) is 42.8. The molecule has 0 aliphatic heterocycles. The molecule has 0 aliphatic rings. The van der Waals surface area contributed by atoms with E-state index in [4.69, 9.17) is 4.42 Å². The highest BCUT2D eigenvalue weighted by molar-refractivity contribution is 6.17. The maximum Gasteiger partial charge on any atom is 0.143 e. The van der Waals surface area contributed by atoms with Crippen LogP contribution in [0, 0.1) is 0 Å². The van der Waals surface area contributed by atoms with Crippen LogP contribution in [0.5, 0.6) is 0 Å². The van der Waals surface area contributed by atoms with Gasteiger partial charge in [0.15, 0.2) is 0 Å². The molecule has 65 heavy (non-hydrogen) atoms. The second-order valence-electron chi connectivity index (χ2n) is 16.8. The number of hydrogen-bond donors (Lipinski definition) is 0. The molecular formula is C62H40N2O. The van der Waals surface area contributed by atoms with Crippen molar-refractivity contribution in [3.8, 4) is 39.1 Å². The molecule has 0 saturated heterocycles. The summed E-state index contributed by atoms with van der Waals surface area (Å²) in [5, 5.41) is 9.65. The van der Waals surface area contributed by atoms with E-state index in [1.54, 1.807) is 0 Å². The molecule has 0 amide bonds. The molecule has 304 valence electrons. The van der Waals surface area contributed by atoms with Crippen molar-refractivity contribution in [2.45, 2.75) is 0 Å². The molecule has 0 saturated carbocycles. The van der Waals surface area contributed by atoms with Crippen molar-refractivity contribution in [1.29, 1.82) is 0 Å². The van der Waals surface area contributed by atoms with Crippen LogP contribution in [0.3, 0.4) is 0 Å². The number of nitrogens with zero attached hydrogens (tertiary/aromatic N) is 2. The largest absolute Gasteiger partial charge is 0.455 e. The van der Waals surface area contributed by atoms with Crippen molar-refractivity contribution in [2.24, 2.45) is 0 Å². The molecule has 0 fully saturated rings. The minimum atomic E-state index is 0.889. The maximum absolute atomic E-state index is 6.64. The van der Waals surface area contributed by atoms with Gasteiger partial charge in [0.25, 0.3) is 0 Å². The van der Waals surface area contributed by atoms with Crippen LogP contribution in [0.25, 0.3) is 104 Å². The molecule has 0 bridgehead atoms. The number of rotatable bonds is 7. The number of hydrogen-bond acceptors (Lipinski definition) is 2. The van der Waals surface area contributed by atoms with Crippen LogP contribution >= 0.6 is 0 Å². The van der Waals surface area contributed by atoms with Gasteiger partial charge in [-0.1, -0.05) is 176 Å². The van der Waals surface area contributed by atoms with Gasteiger partial charge in [0.2, 0.25) is 0 Å². The Morgan fingerprint density at radius 2 is 0.923 bits per heavy atom. The first-order valence-corrected chi connectivity index (χ1v) is 22.2. The number of aromatic nitrogens is 1. The molecule has 3 heteroatoms. The van der Waals surface area contributed by atoms with Crippen molar-refractivity contribution >= 4 is 82.4 Å². The van der Waals surface area contributed by atoms with E-state index in [2.05, 4.69) is 246 Å². The number of anilines is 3. The predicted octanol–water partition coefficient (Wildman–Crippen LogP) is 17.5. The number of para-hydroxylation sites is 3. The minimum Gasteiger partial charge on any atom is -0.455 e. The Balaban J connectivity index is 0.948. The first-order chi connectivity index (χ1) is 32.2. The second-order valence-corrected chi connectivity index (χ2v) is 16.8. The van der Waals surface area contributed by atoms with Crippen molar-refractivity contribution in [2.75, 3.05) is 4.90 Å². The van der Waals surface area contributed by atoms with E-state index < -0.39 is 0 Å². The molecular weight excluding hydrogens is 789 g/mol. The van der Waals surface area contributed by atoms with Gasteiger partial charge in [-0.25, -0.2) is 0 Å². The molecule has 0 radical (unpaired) electrons. The lowest BCUT2D eigenvalue weighted by Crippen LogP contribution is -2.10. The van der Waals surface area contributed by atoms with Gasteiger partial charge in [0, 0.05) is 49.6 Å². The molecule has 2 heterocycles. The molecule has 0 spiro atoms. The lowest BCUT2D eigenvalue weighted by molar-refractivity contribution is 0.670. The van der Waals surface area contributed by atoms with Gasteiger partial charge in [-0.15, -0.1) is 0 Å². The normalized spacial score (nSPS) is 11.7. The zero-order valence-electron chi connectivity index (χ0n) is 35.4. The lowest BCUT2D eigenvalue weighted by Gasteiger charge is -2.27. The summed E-state index contributed by atoms with van der Waals surface area (Å²) >= 11 is 0. The average Bonchev–Trinajstić information content (AvgIpc) is 3.93. The molecule has 13 rings (SSSR count). The number of fused-ring (bicyclic) bond motifs is 9. The van der Waals surface area contributed by atoms with Crippen molar-refractivity contribution in [3.63, 3.8) is 0 Å². The van der Waals surface area contributed by atoms with Gasteiger partial charge in [-0.05, 0) is 111 Å². The highest BCUT2D eigenvalue weighted by Gasteiger charge is 2.20. The van der Waals surface area contributed by atoms with Crippen LogP contribution in [0.15, 0.2) is 247 Å². The Bertz CT molecular complexity index is 3920. The Labute approximate surface area is 376 Å². The van der Waals surface area contributed by atoms with E-state index in [0.29, 0.717) is 0 Å². The fraction of sp³-hybridized carbons (Fsp3) is 0. The van der Waals surface area contributed by atoms with E-state index in [-0.39, 0.29) is 0 Å². The molecule has 11 aromatic carbocycles. The fourth-order valence-corrected chi connectivity index (χ4v) is 10.2. The van der Waals surface area contributed by atoms with Crippen LogP contribution in [0.4, 0.5) is 17.1 Å². The number of benzene rings is 11. The zero-order valence-corrected chi connectivity index (χ0v) is 35.4. The van der Waals surface area contributed by atoms with Crippen LogP contribution < -0.4 is 4.90 Å². The Kier molecular flexibility index (Phi) is 8.53. The molecule has 2 aromatic heterocycles. The molecule has 13 aromatic rings. The van der Waals surface area contributed by atoms with E-state index >= 15 is 0 Å². The summed E-state index contributed by atoms with van der Waals surface area (Å²) in [6, 6.07) is 87.6. The van der Waals surface area contributed by atoms with E-state index in [1.165, 1.54) is 48.9 Å². The van der Waals surface area contributed by atoms with Gasteiger partial charge in [0.05, 0.1) is 16.7 Å². The lowest BCUT2D eigenvalue weighted by atomic mass is 9.94. The quantitative estimate of drug-likeness (QED) is 0.149. The van der Waals surface area contributed by atoms with E-state index in [0.717, 1.165) is 72.5 Å². The monoisotopic (exact) mass is 828 g/mol. The SMILES string of the molecule is c1ccc(-c2ccc(-c3ccc(N(c4ccc(-c5ccc6c7ccccc7n(-c7ccccc7)c6c5)cc4)c4cccc5c4ccc4ccccc45)cc3)c3c2oc2ccccc23)cc1. The van der Waals surface area contributed by atoms with Crippen molar-refractivity contribution < 1.29 is 4.42 Å². The van der Waals surface area contributed by atoms with Gasteiger partial charge >= 0.3 is 0 Å². The van der Waals surface area contributed by atoms with Gasteiger partial charge < -0.3 is 13.9 Å². The van der Waals surface area contributed by atoms with Crippen LogP contribution in [-0.4, -0.2) is 4.57 Å². The third-order valence-corrected chi connectivity index (χ3v) is 13.2. The van der Waals surface area contributed by atoms with Gasteiger partial charge in [0.1, 0.15) is 11.2 Å². The molecule has 0 aliphatic carbocycles. The molecule has 0 atom stereocenters. The first-order valence-electron chi connectivity index (χ1n) is 22.2. The minimum absolute atomic E-state index is 0.889. The average molecular weight is 829 g/mol. The summed E-state index contributed by atoms with van der Waals surface area (Å²) in [7, 11) is 0. The highest BCUT2D eigenvalue weighted by Crippen LogP contribution is 2.45. The molecule has 0 unspecified atom stereocenters. The van der Waals surface area contributed by atoms with Crippen molar-refractivity contribution in [1.82, 2.24) is 4.57 Å². The predicted molar refractivity (Wildman–Crippen MR) is 274 cm³/mol. The smallest absolute Gasteiger partial charge is 0.143 e. The van der Waals surface area contributed by atoms with Crippen LogP contribution in [-0.2, 0) is 0 Å². The molecule has 3 nitrogen and oxygen atoms in total. The highest BCUT2D eigenvalue weighted by atomic mass is 16.3. The second kappa shape index (κ2) is 15.0. The summed E-state index contributed by atoms with van der Waals surface area (Å²) < 4.78 is 9.03. The van der Waals surface area contributed by atoms with Crippen LogP contribution in [0.1, 0.15) is 0 Å². The maximum atomic E-state index is 6.64. The summed E-state index contributed by atoms with van der Waals surface area (Å²) in [5.41, 5.74) is 15.5. The Hall–Kier alpha value is -8.66. The summed E-state index contributed by atoms with van der Waals surface area (Å²) in [6.45, 7) is 0. The van der Waals surface area contributed by atoms with Gasteiger partial charge in [-0.2, -0.15) is 0 Å². The van der Waals surface area contributed by atoms with Gasteiger partial charge in [-0.3, -0.25) is 0 Å². The number of furan rings is 1. The summed E-state index contributed by atoms with van der Waals surface area (Å²) in [5.74, 6) is 0. The Morgan fingerprint density at radius 1 is 0.338 bits per heavy atom.